The third kappa shape index (κ3) is 4.07. The summed E-state index contributed by atoms with van der Waals surface area (Å²) in [4.78, 5) is 18.2. The van der Waals surface area contributed by atoms with Crippen LogP contribution in [0.3, 0.4) is 0 Å². The molecule has 4 aromatic rings. The molecule has 0 aliphatic rings. The molecule has 0 saturated carbocycles. The van der Waals surface area contributed by atoms with Crippen LogP contribution in [0.1, 0.15) is 6.42 Å². The molecule has 2 aromatic carbocycles. The van der Waals surface area contributed by atoms with Gasteiger partial charge in [0, 0.05) is 27.5 Å². The quantitative estimate of drug-likeness (QED) is 0.357. The molecule has 0 spiro atoms. The average Bonchev–Trinajstić information content (AvgIpc) is 3.14. The van der Waals surface area contributed by atoms with Crippen LogP contribution in [0.15, 0.2) is 65.0 Å². The topological polar surface area (TPSA) is 44.1 Å². The van der Waals surface area contributed by atoms with Gasteiger partial charge in [-0.3, -0.25) is 9.36 Å². The molecule has 2 heterocycles. The highest BCUT2D eigenvalue weighted by Crippen LogP contribution is 2.31. The van der Waals surface area contributed by atoms with Crippen molar-refractivity contribution < 1.29 is 4.74 Å². The smallest absolute Gasteiger partial charge is 0.262 e. The normalized spacial score (nSPS) is 11.1. The third-order valence-corrected chi connectivity index (χ3v) is 5.73. The number of hydrogen-bond donors (Lipinski definition) is 0. The first-order valence-corrected chi connectivity index (χ1v) is 10.4. The van der Waals surface area contributed by atoms with E-state index in [-0.39, 0.29) is 5.56 Å². The molecule has 0 atom stereocenters. The summed E-state index contributed by atoms with van der Waals surface area (Å²) in [7, 11) is 0. The fraction of sp³-hybridized carbons (Fsp3) is 0.143. The molecular weight excluding hydrogens is 415 g/mol. The summed E-state index contributed by atoms with van der Waals surface area (Å²) in [5, 5.41) is 3.95. The van der Waals surface area contributed by atoms with Crippen molar-refractivity contribution in [3.63, 3.8) is 0 Å². The highest BCUT2D eigenvalue weighted by atomic mass is 35.5. The first-order chi connectivity index (χ1) is 13.6. The highest BCUT2D eigenvalue weighted by Gasteiger charge is 2.13. The molecular formula is C21H16Cl2N2O2S. The molecule has 4 nitrogen and oxygen atoms in total. The number of aromatic nitrogens is 2. The van der Waals surface area contributed by atoms with Crippen LogP contribution in [0.25, 0.3) is 21.3 Å². The predicted octanol–water partition coefficient (Wildman–Crippen LogP) is 5.90. The molecule has 0 bridgehead atoms. The Balaban J connectivity index is 1.51. The number of fused-ring (bicyclic) bond motifs is 1. The zero-order valence-corrected chi connectivity index (χ0v) is 17.1. The maximum absolute atomic E-state index is 13.0. The van der Waals surface area contributed by atoms with Crippen LogP contribution in [0, 0.1) is 0 Å². The number of aryl methyl sites for hydroxylation is 1. The molecule has 0 saturated heterocycles. The van der Waals surface area contributed by atoms with Gasteiger partial charge in [0.1, 0.15) is 10.6 Å². The Kier molecular flexibility index (Phi) is 5.67. The molecule has 0 fully saturated rings. The van der Waals surface area contributed by atoms with Gasteiger partial charge in [0.15, 0.2) is 0 Å². The number of halogens is 2. The number of rotatable bonds is 6. The summed E-state index contributed by atoms with van der Waals surface area (Å²) in [5.41, 5.74) is 1.81. The van der Waals surface area contributed by atoms with Crippen molar-refractivity contribution in [1.29, 1.82) is 0 Å². The SMILES string of the molecule is O=c1c2c(-c3ccc(Cl)cc3)csc2ncn1CCCOc1ccc(Cl)cc1. The zero-order valence-electron chi connectivity index (χ0n) is 14.8. The second kappa shape index (κ2) is 8.35. The number of thiophene rings is 1. The van der Waals surface area contributed by atoms with E-state index in [4.69, 9.17) is 27.9 Å². The standard InChI is InChI=1S/C21H16Cl2N2O2S/c22-15-4-2-14(3-5-15)18-12-28-20-19(18)21(26)25(13-24-20)10-1-11-27-17-8-6-16(23)7-9-17/h2-9,12-13H,1,10-11H2. The Morgan fingerprint density at radius 1 is 1.00 bits per heavy atom. The van der Waals surface area contributed by atoms with Crippen LogP contribution >= 0.6 is 34.5 Å². The van der Waals surface area contributed by atoms with E-state index in [1.807, 2.05) is 41.8 Å². The van der Waals surface area contributed by atoms with E-state index in [1.165, 1.54) is 11.3 Å². The summed E-state index contributed by atoms with van der Waals surface area (Å²) in [6.45, 7) is 1.03. The van der Waals surface area contributed by atoms with Gasteiger partial charge in [-0.1, -0.05) is 35.3 Å². The minimum atomic E-state index is -0.0392. The average molecular weight is 431 g/mol. The largest absolute Gasteiger partial charge is 0.494 e. The Morgan fingerprint density at radius 3 is 2.39 bits per heavy atom. The van der Waals surface area contributed by atoms with E-state index >= 15 is 0 Å². The molecule has 0 unspecified atom stereocenters. The van der Waals surface area contributed by atoms with Crippen molar-refractivity contribution in [3.05, 3.63) is 80.6 Å². The van der Waals surface area contributed by atoms with Crippen molar-refractivity contribution in [2.75, 3.05) is 6.61 Å². The van der Waals surface area contributed by atoms with Gasteiger partial charge in [-0.05, 0) is 48.4 Å². The van der Waals surface area contributed by atoms with Gasteiger partial charge in [-0.2, -0.15) is 0 Å². The lowest BCUT2D eigenvalue weighted by Crippen LogP contribution is -2.21. The molecule has 7 heteroatoms. The Bertz CT molecular complexity index is 1150. The molecule has 0 radical (unpaired) electrons. The molecule has 142 valence electrons. The van der Waals surface area contributed by atoms with Gasteiger partial charge in [0.25, 0.3) is 5.56 Å². The van der Waals surface area contributed by atoms with Crippen molar-refractivity contribution in [1.82, 2.24) is 9.55 Å². The van der Waals surface area contributed by atoms with Gasteiger partial charge in [0.2, 0.25) is 0 Å². The summed E-state index contributed by atoms with van der Waals surface area (Å²) in [6.07, 6.45) is 2.30. The minimum absolute atomic E-state index is 0.0392. The maximum Gasteiger partial charge on any atom is 0.262 e. The van der Waals surface area contributed by atoms with E-state index in [9.17, 15) is 4.79 Å². The van der Waals surface area contributed by atoms with Gasteiger partial charge >= 0.3 is 0 Å². The van der Waals surface area contributed by atoms with Crippen molar-refractivity contribution in [3.8, 4) is 16.9 Å². The van der Waals surface area contributed by atoms with Gasteiger partial charge in [-0.15, -0.1) is 11.3 Å². The van der Waals surface area contributed by atoms with E-state index in [0.29, 0.717) is 35.0 Å². The van der Waals surface area contributed by atoms with Crippen molar-refractivity contribution in [2.24, 2.45) is 0 Å². The summed E-state index contributed by atoms with van der Waals surface area (Å²) >= 11 is 13.3. The van der Waals surface area contributed by atoms with E-state index in [1.54, 1.807) is 23.0 Å². The molecule has 4 rings (SSSR count). The molecule has 0 aliphatic heterocycles. The molecule has 0 aliphatic carbocycles. The monoisotopic (exact) mass is 430 g/mol. The fourth-order valence-corrected chi connectivity index (χ4v) is 4.08. The summed E-state index contributed by atoms with van der Waals surface area (Å²) < 4.78 is 7.33. The predicted molar refractivity (Wildman–Crippen MR) is 116 cm³/mol. The lowest BCUT2D eigenvalue weighted by molar-refractivity contribution is 0.301. The second-order valence-corrected chi connectivity index (χ2v) is 7.97. The fourth-order valence-electron chi connectivity index (χ4n) is 2.92. The van der Waals surface area contributed by atoms with Gasteiger partial charge in [0.05, 0.1) is 18.3 Å². The number of hydrogen-bond acceptors (Lipinski definition) is 4. The minimum Gasteiger partial charge on any atom is -0.494 e. The molecule has 2 aromatic heterocycles. The van der Waals surface area contributed by atoms with Crippen LogP contribution in [-0.2, 0) is 6.54 Å². The van der Waals surface area contributed by atoms with Crippen LogP contribution < -0.4 is 10.3 Å². The van der Waals surface area contributed by atoms with Crippen LogP contribution in [0.2, 0.25) is 10.0 Å². The van der Waals surface area contributed by atoms with E-state index in [0.717, 1.165) is 21.7 Å². The zero-order chi connectivity index (χ0) is 19.5. The van der Waals surface area contributed by atoms with Crippen LogP contribution in [-0.4, -0.2) is 16.2 Å². The third-order valence-electron chi connectivity index (χ3n) is 4.34. The number of benzene rings is 2. The summed E-state index contributed by atoms with van der Waals surface area (Å²) in [5.74, 6) is 0.758. The lowest BCUT2D eigenvalue weighted by Gasteiger charge is -2.08. The Hall–Kier alpha value is -2.34. The van der Waals surface area contributed by atoms with Crippen molar-refractivity contribution in [2.45, 2.75) is 13.0 Å². The van der Waals surface area contributed by atoms with Crippen molar-refractivity contribution >= 4 is 44.8 Å². The number of ether oxygens (including phenoxy) is 1. The van der Waals surface area contributed by atoms with E-state index in [2.05, 4.69) is 4.98 Å². The highest BCUT2D eigenvalue weighted by molar-refractivity contribution is 7.17. The van der Waals surface area contributed by atoms with Crippen LogP contribution in [0.5, 0.6) is 5.75 Å². The Labute approximate surface area is 175 Å². The number of nitrogens with zero attached hydrogens (tertiary/aromatic N) is 2. The lowest BCUT2D eigenvalue weighted by atomic mass is 10.1. The van der Waals surface area contributed by atoms with Crippen LogP contribution in [0.4, 0.5) is 0 Å². The maximum atomic E-state index is 13.0. The molecule has 28 heavy (non-hydrogen) atoms. The summed E-state index contributed by atoms with van der Waals surface area (Å²) in [6, 6.07) is 14.7. The van der Waals surface area contributed by atoms with Gasteiger partial charge < -0.3 is 4.74 Å². The Morgan fingerprint density at radius 2 is 1.68 bits per heavy atom. The van der Waals surface area contributed by atoms with E-state index < -0.39 is 0 Å². The van der Waals surface area contributed by atoms with Gasteiger partial charge in [-0.25, -0.2) is 4.98 Å². The first kappa shape index (κ1) is 19.0. The molecule has 0 amide bonds. The first-order valence-electron chi connectivity index (χ1n) is 8.73. The molecule has 0 N–H and O–H groups in total. The second-order valence-electron chi connectivity index (χ2n) is 6.24.